The zero-order valence-electron chi connectivity index (χ0n) is 16.8. The van der Waals surface area contributed by atoms with Crippen LogP contribution in [0.2, 0.25) is 0 Å². The average Bonchev–Trinajstić information content (AvgIpc) is 2.70. The molecule has 31 heavy (non-hydrogen) atoms. The van der Waals surface area contributed by atoms with Gasteiger partial charge in [-0.25, -0.2) is 0 Å². The van der Waals surface area contributed by atoms with Gasteiger partial charge >= 0.3 is 0 Å². The van der Waals surface area contributed by atoms with Gasteiger partial charge in [0.2, 0.25) is 0 Å². The first-order valence-electron chi connectivity index (χ1n) is 9.42. The second-order valence-electron chi connectivity index (χ2n) is 7.89. The molecule has 0 aliphatic rings. The molecule has 0 unspecified atom stereocenters. The number of rotatable bonds is 4. The van der Waals surface area contributed by atoms with Gasteiger partial charge in [-0.05, 0) is 44.8 Å². The van der Waals surface area contributed by atoms with Crippen molar-refractivity contribution in [2.75, 3.05) is 0 Å². The van der Waals surface area contributed by atoms with Crippen LogP contribution in [0.15, 0.2) is 82.6 Å². The Kier molecular flexibility index (Phi) is 4.94. The van der Waals surface area contributed by atoms with Crippen LogP contribution < -0.4 is 0 Å². The molecule has 8 heteroatoms. The van der Waals surface area contributed by atoms with E-state index in [0.29, 0.717) is 10.8 Å². The molecule has 0 spiro atoms. The van der Waals surface area contributed by atoms with E-state index < -0.39 is 25.7 Å². The molecule has 4 rings (SSSR count). The summed E-state index contributed by atoms with van der Waals surface area (Å²) in [5.41, 5.74) is -0.749. The van der Waals surface area contributed by atoms with Crippen LogP contribution in [-0.4, -0.2) is 25.9 Å². The van der Waals surface area contributed by atoms with E-state index in [4.69, 9.17) is 0 Å². The highest BCUT2D eigenvalue weighted by Crippen LogP contribution is 2.45. The monoisotopic (exact) mass is 456 g/mol. The minimum atomic E-state index is -4.63. The summed E-state index contributed by atoms with van der Waals surface area (Å²) in [6.45, 7) is 3.36. The molecule has 0 aliphatic carbocycles. The lowest BCUT2D eigenvalue weighted by Crippen LogP contribution is -2.26. The van der Waals surface area contributed by atoms with Crippen molar-refractivity contribution in [3.8, 4) is 0 Å². The Morgan fingerprint density at radius 1 is 0.581 bits per heavy atom. The lowest BCUT2D eigenvalue weighted by Gasteiger charge is -2.32. The van der Waals surface area contributed by atoms with Crippen LogP contribution in [0.4, 0.5) is 0 Å². The van der Waals surface area contributed by atoms with Crippen LogP contribution in [-0.2, 0) is 25.7 Å². The second kappa shape index (κ2) is 7.13. The zero-order chi connectivity index (χ0) is 22.6. The van der Waals surface area contributed by atoms with E-state index in [9.17, 15) is 25.9 Å². The van der Waals surface area contributed by atoms with Gasteiger partial charge in [0.15, 0.2) is 0 Å². The van der Waals surface area contributed by atoms with Gasteiger partial charge in [0.05, 0.1) is 9.79 Å². The molecule has 0 aliphatic heterocycles. The third-order valence-electron chi connectivity index (χ3n) is 5.59. The molecular formula is C23H20O6S2. The first-order valence-corrected chi connectivity index (χ1v) is 12.3. The van der Waals surface area contributed by atoms with Crippen molar-refractivity contribution in [2.24, 2.45) is 0 Å². The van der Waals surface area contributed by atoms with Crippen molar-refractivity contribution < 1.29 is 25.9 Å². The van der Waals surface area contributed by atoms with Gasteiger partial charge in [0.1, 0.15) is 0 Å². The smallest absolute Gasteiger partial charge is 0.282 e. The summed E-state index contributed by atoms with van der Waals surface area (Å²) in [7, 11) is -9.26. The molecule has 0 amide bonds. The van der Waals surface area contributed by atoms with Crippen molar-refractivity contribution in [3.63, 3.8) is 0 Å². The summed E-state index contributed by atoms with van der Waals surface area (Å²) in [5, 5.41) is 2.56. The molecule has 160 valence electrons. The fourth-order valence-corrected chi connectivity index (χ4v) is 6.07. The fraction of sp³-hybridized carbons (Fsp3) is 0.130. The third kappa shape index (κ3) is 3.61. The Morgan fingerprint density at radius 3 is 1.29 bits per heavy atom. The fourth-order valence-electron chi connectivity index (χ4n) is 4.35. The Balaban J connectivity index is 2.25. The van der Waals surface area contributed by atoms with E-state index in [1.165, 1.54) is 12.1 Å². The molecule has 0 bridgehead atoms. The molecule has 0 aromatic heterocycles. The Morgan fingerprint density at radius 2 is 0.935 bits per heavy atom. The standard InChI is InChI=1S/C23H20O6S2/c1-23(2,21-17-9-5-3-7-15(17)11-13-19(21)30(24,25)26)22-18-10-6-4-8-16(18)12-14-20(22)31(27,28)29/h3-14H,1-2H3,(H,24,25,26)(H,27,28,29). The first kappa shape index (κ1) is 21.5. The minimum absolute atomic E-state index is 0.245. The van der Waals surface area contributed by atoms with Gasteiger partial charge in [0, 0.05) is 5.41 Å². The highest BCUT2D eigenvalue weighted by Gasteiger charge is 2.37. The lowest BCUT2D eigenvalue weighted by molar-refractivity contribution is 0.476. The number of hydrogen-bond donors (Lipinski definition) is 2. The molecule has 0 saturated carbocycles. The summed E-state index contributed by atoms with van der Waals surface area (Å²) >= 11 is 0. The maximum Gasteiger partial charge on any atom is 0.294 e. The Hall–Kier alpha value is -2.78. The predicted molar refractivity (Wildman–Crippen MR) is 120 cm³/mol. The average molecular weight is 457 g/mol. The Bertz CT molecular complexity index is 1430. The van der Waals surface area contributed by atoms with Gasteiger partial charge in [-0.15, -0.1) is 0 Å². The summed E-state index contributed by atoms with van der Waals surface area (Å²) in [4.78, 5) is -0.629. The molecule has 2 N–H and O–H groups in total. The predicted octanol–water partition coefficient (Wildman–Crippen LogP) is 4.81. The molecule has 0 saturated heterocycles. The van der Waals surface area contributed by atoms with E-state index in [2.05, 4.69) is 0 Å². The van der Waals surface area contributed by atoms with E-state index in [0.717, 1.165) is 10.8 Å². The third-order valence-corrected chi connectivity index (χ3v) is 7.38. The molecule has 4 aromatic carbocycles. The molecule has 0 atom stereocenters. The van der Waals surface area contributed by atoms with Crippen molar-refractivity contribution in [2.45, 2.75) is 29.1 Å². The van der Waals surface area contributed by atoms with Gasteiger partial charge in [-0.2, -0.15) is 16.8 Å². The van der Waals surface area contributed by atoms with Crippen molar-refractivity contribution in [3.05, 3.63) is 83.9 Å². The lowest BCUT2D eigenvalue weighted by atomic mass is 9.74. The molecule has 0 heterocycles. The van der Waals surface area contributed by atoms with Crippen LogP contribution in [0.1, 0.15) is 25.0 Å². The summed E-state index contributed by atoms with van der Waals surface area (Å²) in [5.74, 6) is 0. The Labute approximate surface area is 180 Å². The van der Waals surface area contributed by atoms with Crippen LogP contribution >= 0.6 is 0 Å². The quantitative estimate of drug-likeness (QED) is 0.427. The van der Waals surface area contributed by atoms with E-state index >= 15 is 0 Å². The van der Waals surface area contributed by atoms with Crippen LogP contribution in [0.25, 0.3) is 21.5 Å². The SMILES string of the molecule is CC(C)(c1c(S(=O)(=O)O)ccc2ccccc12)c1c(S(=O)(=O)O)ccc2ccccc12. The highest BCUT2D eigenvalue weighted by atomic mass is 32.2. The van der Waals surface area contributed by atoms with Crippen LogP contribution in [0, 0.1) is 0 Å². The zero-order valence-corrected chi connectivity index (χ0v) is 18.4. The maximum absolute atomic E-state index is 12.3. The first-order chi connectivity index (χ1) is 14.4. The maximum atomic E-state index is 12.3. The summed E-state index contributed by atoms with van der Waals surface area (Å²) in [6.07, 6.45) is 0. The second-order valence-corrected chi connectivity index (χ2v) is 10.7. The minimum Gasteiger partial charge on any atom is -0.282 e. The van der Waals surface area contributed by atoms with Crippen molar-refractivity contribution in [1.29, 1.82) is 0 Å². The van der Waals surface area contributed by atoms with Crippen molar-refractivity contribution in [1.82, 2.24) is 0 Å². The van der Waals surface area contributed by atoms with E-state index in [1.54, 1.807) is 74.5 Å². The van der Waals surface area contributed by atoms with Gasteiger partial charge in [-0.3, -0.25) is 9.11 Å². The van der Waals surface area contributed by atoms with E-state index in [-0.39, 0.29) is 20.9 Å². The van der Waals surface area contributed by atoms with Gasteiger partial charge in [0.25, 0.3) is 20.2 Å². The van der Waals surface area contributed by atoms with Gasteiger partial charge < -0.3 is 0 Å². The normalized spacial score (nSPS) is 13.0. The highest BCUT2D eigenvalue weighted by molar-refractivity contribution is 7.86. The largest absolute Gasteiger partial charge is 0.294 e. The van der Waals surface area contributed by atoms with Gasteiger partial charge in [-0.1, -0.05) is 74.5 Å². The van der Waals surface area contributed by atoms with Crippen LogP contribution in [0.5, 0.6) is 0 Å². The molecular weight excluding hydrogens is 436 g/mol. The summed E-state index contributed by atoms with van der Waals surface area (Å²) in [6, 6.07) is 19.9. The van der Waals surface area contributed by atoms with E-state index in [1.807, 2.05) is 0 Å². The molecule has 0 fully saturated rings. The molecule has 0 radical (unpaired) electrons. The topological polar surface area (TPSA) is 109 Å². The summed E-state index contributed by atoms with van der Waals surface area (Å²) < 4.78 is 69.2. The molecule has 4 aromatic rings. The van der Waals surface area contributed by atoms with Crippen molar-refractivity contribution >= 4 is 41.8 Å². The number of benzene rings is 4. The molecule has 6 nitrogen and oxygen atoms in total. The van der Waals surface area contributed by atoms with Crippen LogP contribution in [0.3, 0.4) is 0 Å². The number of hydrogen-bond acceptors (Lipinski definition) is 4. The number of fused-ring (bicyclic) bond motifs is 2.